The van der Waals surface area contributed by atoms with Gasteiger partial charge in [-0.25, -0.2) is 17.7 Å². The summed E-state index contributed by atoms with van der Waals surface area (Å²) in [6.45, 7) is 0.271. The van der Waals surface area contributed by atoms with E-state index in [9.17, 15) is 22.6 Å². The molecule has 23 heavy (non-hydrogen) atoms. The van der Waals surface area contributed by atoms with Gasteiger partial charge in [0.1, 0.15) is 6.04 Å². The van der Waals surface area contributed by atoms with Crippen LogP contribution in [0.15, 0.2) is 17.6 Å². The van der Waals surface area contributed by atoms with Crippen molar-refractivity contribution in [3.8, 4) is 0 Å². The monoisotopic (exact) mass is 368 g/mol. The second kappa shape index (κ2) is 6.73. The molecule has 0 N–H and O–H groups in total. The van der Waals surface area contributed by atoms with Crippen LogP contribution in [0.1, 0.15) is 6.42 Å². The number of fused-ring (bicyclic) bond motifs is 1. The largest absolute Gasteiger partial charge is 1.00 e. The molecule has 0 aliphatic carbocycles. The quantitative estimate of drug-likeness (QED) is 0.229. The van der Waals surface area contributed by atoms with E-state index in [4.69, 9.17) is 0 Å². The van der Waals surface area contributed by atoms with E-state index in [1.807, 2.05) is 0 Å². The van der Waals surface area contributed by atoms with Crippen LogP contribution < -0.4 is 29.6 Å². The van der Waals surface area contributed by atoms with E-state index in [1.54, 1.807) is 24.0 Å². The summed E-state index contributed by atoms with van der Waals surface area (Å²) in [6, 6.07) is -1.53. The maximum Gasteiger partial charge on any atom is 1.00 e. The summed E-state index contributed by atoms with van der Waals surface area (Å²) >= 11 is 1.24. The Morgan fingerprint density at radius 2 is 2.22 bits per heavy atom. The molecule has 9 nitrogen and oxygen atoms in total. The van der Waals surface area contributed by atoms with Crippen molar-refractivity contribution in [2.24, 2.45) is 7.05 Å². The maximum absolute atomic E-state index is 12.2. The van der Waals surface area contributed by atoms with Gasteiger partial charge in [-0.2, -0.15) is 0 Å². The Morgan fingerprint density at radius 3 is 2.78 bits per heavy atom. The summed E-state index contributed by atoms with van der Waals surface area (Å²) in [6.07, 6.45) is 3.67. The van der Waals surface area contributed by atoms with Gasteiger partial charge in [-0.3, -0.25) is 9.59 Å². The van der Waals surface area contributed by atoms with E-state index >= 15 is 0 Å². The van der Waals surface area contributed by atoms with Crippen LogP contribution in [0.5, 0.6) is 0 Å². The number of carbonyl (C=O) groups is 2. The molecule has 2 atom stereocenters. The molecule has 0 radical (unpaired) electrons. The summed E-state index contributed by atoms with van der Waals surface area (Å²) < 4.78 is 35.1. The molecule has 0 aromatic carbocycles. The van der Waals surface area contributed by atoms with Crippen LogP contribution in [0.2, 0.25) is 0 Å². The number of aromatic nitrogens is 2. The van der Waals surface area contributed by atoms with E-state index in [1.165, 1.54) is 16.7 Å². The average molecular weight is 368 g/mol. The van der Waals surface area contributed by atoms with Crippen molar-refractivity contribution in [2.45, 2.75) is 23.7 Å². The van der Waals surface area contributed by atoms with Gasteiger partial charge in [0.25, 0.3) is 5.91 Å². The minimum absolute atomic E-state index is 0. The number of hydrogen-bond donors (Lipinski definition) is 0. The van der Waals surface area contributed by atoms with Crippen LogP contribution in [0.4, 0.5) is 0 Å². The number of likely N-dealkylation sites (tertiary alicyclic amines) is 1. The third kappa shape index (κ3) is 3.30. The van der Waals surface area contributed by atoms with Crippen LogP contribution >= 0.6 is 11.8 Å². The summed E-state index contributed by atoms with van der Waals surface area (Å²) in [4.78, 5) is 29.5. The first-order valence-corrected chi connectivity index (χ1v) is 8.84. The van der Waals surface area contributed by atoms with E-state index in [0.717, 1.165) is 0 Å². The van der Waals surface area contributed by atoms with Crippen molar-refractivity contribution in [1.29, 1.82) is 0 Å². The van der Waals surface area contributed by atoms with Crippen molar-refractivity contribution in [1.82, 2.24) is 18.8 Å². The Morgan fingerprint density at radius 1 is 1.52 bits per heavy atom. The molecule has 3 rings (SSSR count). The number of aryl methyl sites for hydroxylation is 1. The second-order valence-corrected chi connectivity index (χ2v) is 7.28. The normalized spacial score (nSPS) is 23.3. The molecule has 0 bridgehead atoms. The van der Waals surface area contributed by atoms with Gasteiger partial charge < -0.3 is 14.0 Å². The number of carbonyl (C=O) groups excluding carboxylic acids is 2. The SMILES string of the molecule is Cn1ccnc1SCC(=O)N1CC[C@@H]2[C@H]1C(=O)N2S(=O)(=O)[O-].[Na+]. The van der Waals surface area contributed by atoms with Crippen molar-refractivity contribution < 1.29 is 52.1 Å². The number of thioether (sulfide) groups is 1. The van der Waals surface area contributed by atoms with Crippen LogP contribution in [0, 0.1) is 0 Å². The fourth-order valence-corrected chi connectivity index (χ4v) is 4.49. The molecule has 0 saturated carbocycles. The molecule has 120 valence electrons. The van der Waals surface area contributed by atoms with Crippen molar-refractivity contribution in [3.63, 3.8) is 0 Å². The fourth-order valence-electron chi connectivity index (χ4n) is 2.79. The summed E-state index contributed by atoms with van der Waals surface area (Å²) in [7, 11) is -2.99. The molecule has 1 aromatic rings. The molecule has 1 aromatic heterocycles. The number of imidazole rings is 1. The van der Waals surface area contributed by atoms with Gasteiger partial charge in [0.15, 0.2) is 15.5 Å². The van der Waals surface area contributed by atoms with Crippen molar-refractivity contribution >= 4 is 33.9 Å². The van der Waals surface area contributed by atoms with Gasteiger partial charge in [-0.15, -0.1) is 0 Å². The zero-order valence-electron chi connectivity index (χ0n) is 12.6. The predicted molar refractivity (Wildman–Crippen MR) is 74.4 cm³/mol. The predicted octanol–water partition coefficient (Wildman–Crippen LogP) is -4.21. The first-order chi connectivity index (χ1) is 10.3. The topological polar surface area (TPSA) is 116 Å². The molecular weight excluding hydrogens is 355 g/mol. The van der Waals surface area contributed by atoms with Gasteiger partial charge in [0.2, 0.25) is 5.91 Å². The van der Waals surface area contributed by atoms with Gasteiger partial charge >= 0.3 is 29.6 Å². The third-order valence-corrected chi connectivity index (χ3v) is 5.78. The summed E-state index contributed by atoms with van der Waals surface area (Å²) in [5.74, 6) is -0.976. The molecule has 2 saturated heterocycles. The van der Waals surface area contributed by atoms with E-state index in [-0.39, 0.29) is 47.8 Å². The zero-order valence-corrected chi connectivity index (χ0v) is 16.2. The number of amides is 2. The summed E-state index contributed by atoms with van der Waals surface area (Å²) in [5.41, 5.74) is 0. The molecule has 0 spiro atoms. The van der Waals surface area contributed by atoms with Gasteiger partial charge in [0, 0.05) is 26.0 Å². The van der Waals surface area contributed by atoms with Crippen molar-refractivity contribution in [2.75, 3.05) is 12.3 Å². The number of hydrogen-bond acceptors (Lipinski definition) is 7. The number of nitrogens with zero attached hydrogens (tertiary/aromatic N) is 4. The molecule has 0 unspecified atom stereocenters. The number of β-lactam (4-membered cyclic amide) rings is 1. The molecule has 2 aliphatic heterocycles. The zero-order chi connectivity index (χ0) is 16.1. The third-order valence-electron chi connectivity index (χ3n) is 3.80. The van der Waals surface area contributed by atoms with E-state index in [2.05, 4.69) is 4.98 Å². The maximum atomic E-state index is 12.2. The second-order valence-electron chi connectivity index (χ2n) is 5.09. The minimum atomic E-state index is -4.79. The Kier molecular flexibility index (Phi) is 5.48. The Bertz CT molecular complexity index is 737. The Hall–Kier alpha value is -0.590. The fraction of sp³-hybridized carbons (Fsp3) is 0.545. The van der Waals surface area contributed by atoms with Crippen LogP contribution in [0.25, 0.3) is 0 Å². The first-order valence-electron chi connectivity index (χ1n) is 6.49. The van der Waals surface area contributed by atoms with Crippen LogP contribution in [0.3, 0.4) is 0 Å². The molecule has 2 fully saturated rings. The van der Waals surface area contributed by atoms with E-state index < -0.39 is 28.3 Å². The smallest absolute Gasteiger partial charge is 0.731 e. The summed E-state index contributed by atoms with van der Waals surface area (Å²) in [5, 5.41) is 0.674. The van der Waals surface area contributed by atoms with Crippen LogP contribution in [-0.2, 0) is 26.9 Å². The Balaban J connectivity index is 0.00000192. The molecule has 3 heterocycles. The molecule has 2 amide bonds. The molecule has 12 heteroatoms. The molecule has 2 aliphatic rings. The van der Waals surface area contributed by atoms with Gasteiger partial charge in [-0.1, -0.05) is 11.8 Å². The minimum Gasteiger partial charge on any atom is -0.731 e. The van der Waals surface area contributed by atoms with Crippen LogP contribution in [-0.4, -0.2) is 67.9 Å². The van der Waals surface area contributed by atoms with Gasteiger partial charge in [0.05, 0.1) is 11.8 Å². The molecular formula is C11H13N4NaO5S2. The first kappa shape index (κ1) is 18.7. The van der Waals surface area contributed by atoms with Gasteiger partial charge in [-0.05, 0) is 6.42 Å². The average Bonchev–Trinajstić information content (AvgIpc) is 2.98. The van der Waals surface area contributed by atoms with Crippen molar-refractivity contribution in [3.05, 3.63) is 12.4 Å². The van der Waals surface area contributed by atoms with E-state index in [0.29, 0.717) is 15.9 Å². The standard InChI is InChI=1S/C11H14N4O5S2.Na/c1-13-5-3-12-11(13)21-6-8(16)14-4-2-7-9(14)10(17)15(7)22(18,19)20;/h3,5,7,9H,2,4,6H2,1H3,(H,18,19,20);/q;+1/p-1/t7-,9+;/m1./s1. The number of rotatable bonds is 4. The Labute approximate surface area is 159 Å².